The molecule has 0 spiro atoms. The number of oxazole rings is 1. The summed E-state index contributed by atoms with van der Waals surface area (Å²) in [6.45, 7) is 5.03. The Labute approximate surface area is 250 Å². The Morgan fingerprint density at radius 3 is 3.00 bits per heavy atom. The molecule has 0 bridgehead atoms. The van der Waals surface area contributed by atoms with Gasteiger partial charge in [-0.1, -0.05) is 31.2 Å². The molecule has 42 heavy (non-hydrogen) atoms. The molecule has 2 fully saturated rings. The van der Waals surface area contributed by atoms with Crippen molar-refractivity contribution in [2.24, 2.45) is 28.6 Å². The van der Waals surface area contributed by atoms with E-state index in [4.69, 9.17) is 9.68 Å². The van der Waals surface area contributed by atoms with E-state index in [1.54, 1.807) is 12.3 Å². The summed E-state index contributed by atoms with van der Waals surface area (Å²) in [7, 11) is 0. The van der Waals surface area contributed by atoms with E-state index < -0.39 is 6.10 Å². The predicted octanol–water partition coefficient (Wildman–Crippen LogP) is 5.22. The molecule has 222 valence electrons. The van der Waals surface area contributed by atoms with Gasteiger partial charge in [0.05, 0.1) is 42.8 Å². The number of aliphatic hydroxyl groups excluding tert-OH is 2. The van der Waals surface area contributed by atoms with Crippen molar-refractivity contribution < 1.29 is 19.4 Å². The van der Waals surface area contributed by atoms with Gasteiger partial charge in [-0.05, 0) is 90.9 Å². The number of aliphatic hydroxyl groups is 2. The average molecular weight is 590 g/mol. The lowest BCUT2D eigenvalue weighted by Gasteiger charge is -2.60. The van der Waals surface area contributed by atoms with E-state index in [9.17, 15) is 15.0 Å². The van der Waals surface area contributed by atoms with Crippen molar-refractivity contribution in [3.8, 4) is 6.07 Å². The predicted molar refractivity (Wildman–Crippen MR) is 159 cm³/mol. The van der Waals surface area contributed by atoms with E-state index >= 15 is 0 Å². The van der Waals surface area contributed by atoms with E-state index in [2.05, 4.69) is 41.1 Å². The molecule has 3 aromatic heterocycles. The molecule has 0 aliphatic heterocycles. The van der Waals surface area contributed by atoms with Gasteiger partial charge < -0.3 is 14.6 Å². The second kappa shape index (κ2) is 11.6. The average Bonchev–Trinajstić information content (AvgIpc) is 3.57. The molecular formula is C32H39N5O4S. The fourth-order valence-electron chi connectivity index (χ4n) is 8.30. The number of carbonyl (C=O) groups excluding carboxylic acids is 1. The first-order valence-electron chi connectivity index (χ1n) is 15.0. The topological polar surface area (TPSA) is 138 Å². The standard InChI is InChI=1S/C32H39N5O4S/c1-31(19-38)16-26(40)28-23(10-9-21-14-25-20(15-32(21,28)2)17-35-37(25)13-5-11-33)24(31)7-3-6-22(39)18-42-30-36-29-27(41-30)8-4-12-34-29/h4,8,12,14,17,23-24,26,28,38,40H,3,5-7,9-10,13,15-16,18-19H2,1-2H3. The summed E-state index contributed by atoms with van der Waals surface area (Å²) in [4.78, 5) is 21.4. The Morgan fingerprint density at radius 1 is 1.36 bits per heavy atom. The molecule has 3 aliphatic rings. The zero-order chi connectivity index (χ0) is 29.5. The summed E-state index contributed by atoms with van der Waals surface area (Å²) in [5, 5.41) is 36.3. The van der Waals surface area contributed by atoms with Crippen LogP contribution in [0.3, 0.4) is 0 Å². The normalized spacial score (nSPS) is 30.2. The van der Waals surface area contributed by atoms with Crippen molar-refractivity contribution in [1.82, 2.24) is 19.7 Å². The highest BCUT2D eigenvalue weighted by molar-refractivity contribution is 7.99. The maximum Gasteiger partial charge on any atom is 0.258 e. The SMILES string of the molecule is CC1(CO)CC(O)C2C(CCC3=Cc4c(cnn4CCC#N)CC32C)C1CCCC(=O)CSc1nc2ncccc2o1. The first-order chi connectivity index (χ1) is 20.3. The van der Waals surface area contributed by atoms with Crippen LogP contribution in [0.1, 0.15) is 70.1 Å². The Morgan fingerprint density at radius 2 is 2.21 bits per heavy atom. The summed E-state index contributed by atoms with van der Waals surface area (Å²) >= 11 is 1.31. The quantitative estimate of drug-likeness (QED) is 0.305. The van der Waals surface area contributed by atoms with E-state index in [1.807, 2.05) is 16.9 Å². The summed E-state index contributed by atoms with van der Waals surface area (Å²) in [5.74, 6) is 1.02. The molecule has 10 heteroatoms. The summed E-state index contributed by atoms with van der Waals surface area (Å²) < 4.78 is 7.63. The number of hydrogen-bond acceptors (Lipinski definition) is 9. The van der Waals surface area contributed by atoms with Crippen molar-refractivity contribution in [1.29, 1.82) is 5.26 Å². The zero-order valence-electron chi connectivity index (χ0n) is 24.3. The fourth-order valence-corrected chi connectivity index (χ4v) is 9.03. The fraction of sp³-hybridized carbons (Fsp3) is 0.594. The second-order valence-corrected chi connectivity index (χ2v) is 13.8. The van der Waals surface area contributed by atoms with E-state index in [-0.39, 0.29) is 41.0 Å². The number of fused-ring (bicyclic) bond motifs is 5. The smallest absolute Gasteiger partial charge is 0.258 e. The molecule has 9 nitrogen and oxygen atoms in total. The van der Waals surface area contributed by atoms with E-state index in [0.29, 0.717) is 48.0 Å². The molecular weight excluding hydrogens is 550 g/mol. The van der Waals surface area contributed by atoms with E-state index in [1.165, 1.54) is 22.9 Å². The lowest BCUT2D eigenvalue weighted by atomic mass is 9.45. The third-order valence-corrected chi connectivity index (χ3v) is 11.2. The minimum absolute atomic E-state index is 0.0305. The number of Topliss-reactive ketones (excluding diaryl/α,β-unsaturated/α-hetero) is 1. The van der Waals surface area contributed by atoms with Crippen molar-refractivity contribution in [2.45, 2.75) is 83.1 Å². The molecule has 6 unspecified atom stereocenters. The van der Waals surface area contributed by atoms with Gasteiger partial charge in [0.1, 0.15) is 5.78 Å². The van der Waals surface area contributed by atoms with Crippen LogP contribution in [-0.4, -0.2) is 54.2 Å². The van der Waals surface area contributed by atoms with Crippen molar-refractivity contribution >= 4 is 34.9 Å². The number of hydrogen-bond donors (Lipinski definition) is 2. The van der Waals surface area contributed by atoms with Gasteiger partial charge in [0, 0.05) is 19.2 Å². The first-order valence-corrected chi connectivity index (χ1v) is 16.0. The van der Waals surface area contributed by atoms with Crippen LogP contribution in [0.25, 0.3) is 17.3 Å². The number of nitriles is 1. The van der Waals surface area contributed by atoms with Gasteiger partial charge in [0.25, 0.3) is 5.22 Å². The third kappa shape index (κ3) is 5.20. The van der Waals surface area contributed by atoms with Crippen LogP contribution < -0.4 is 0 Å². The largest absolute Gasteiger partial charge is 0.430 e. The van der Waals surface area contributed by atoms with Crippen LogP contribution in [0.5, 0.6) is 0 Å². The first kappa shape index (κ1) is 29.1. The second-order valence-electron chi connectivity index (χ2n) is 12.9. The highest BCUT2D eigenvalue weighted by Gasteiger charge is 2.58. The van der Waals surface area contributed by atoms with Gasteiger partial charge in [-0.15, -0.1) is 0 Å². The minimum atomic E-state index is -0.504. The maximum absolute atomic E-state index is 12.8. The van der Waals surface area contributed by atoms with Crippen molar-refractivity contribution in [3.63, 3.8) is 0 Å². The molecule has 6 atom stereocenters. The summed E-state index contributed by atoms with van der Waals surface area (Å²) in [6, 6.07) is 5.82. The Kier molecular flexibility index (Phi) is 8.03. The van der Waals surface area contributed by atoms with Gasteiger partial charge in [-0.2, -0.15) is 15.3 Å². The molecule has 0 saturated heterocycles. The van der Waals surface area contributed by atoms with Gasteiger partial charge in [0.15, 0.2) is 11.2 Å². The minimum Gasteiger partial charge on any atom is -0.430 e. The van der Waals surface area contributed by atoms with Crippen molar-refractivity contribution in [3.05, 3.63) is 41.4 Å². The van der Waals surface area contributed by atoms with Crippen LogP contribution >= 0.6 is 11.8 Å². The lowest BCUT2D eigenvalue weighted by molar-refractivity contribution is -0.140. The molecule has 6 rings (SSSR count). The van der Waals surface area contributed by atoms with Gasteiger partial charge >= 0.3 is 0 Å². The van der Waals surface area contributed by atoms with E-state index in [0.717, 1.165) is 37.8 Å². The highest BCUT2D eigenvalue weighted by Crippen LogP contribution is 2.62. The molecule has 0 amide bonds. The number of ketones is 1. The lowest BCUT2D eigenvalue weighted by Crippen LogP contribution is -2.58. The number of thioether (sulfide) groups is 1. The van der Waals surface area contributed by atoms with Gasteiger partial charge in [0.2, 0.25) is 0 Å². The number of nitrogens with zero attached hydrogens (tertiary/aromatic N) is 5. The summed E-state index contributed by atoms with van der Waals surface area (Å²) in [5.41, 5.74) is 4.23. The van der Waals surface area contributed by atoms with Crippen LogP contribution in [0.15, 0.2) is 39.7 Å². The van der Waals surface area contributed by atoms with Gasteiger partial charge in [-0.25, -0.2) is 4.98 Å². The molecule has 3 aromatic rings. The monoisotopic (exact) mass is 589 g/mol. The van der Waals surface area contributed by atoms with Crippen LogP contribution in [-0.2, 0) is 17.8 Å². The Bertz CT molecular complexity index is 1510. The summed E-state index contributed by atoms with van der Waals surface area (Å²) in [6.07, 6.45) is 11.1. The number of carbonyl (C=O) groups is 1. The Balaban J connectivity index is 1.14. The molecule has 3 heterocycles. The number of allylic oxidation sites excluding steroid dienone is 1. The highest BCUT2D eigenvalue weighted by atomic mass is 32.2. The number of rotatable bonds is 10. The molecule has 0 aromatic carbocycles. The molecule has 2 N–H and O–H groups in total. The zero-order valence-corrected chi connectivity index (χ0v) is 25.1. The number of aryl methyl sites for hydroxylation is 1. The maximum atomic E-state index is 12.8. The van der Waals surface area contributed by atoms with Crippen LogP contribution in [0, 0.1) is 39.9 Å². The third-order valence-electron chi connectivity index (χ3n) is 10.3. The van der Waals surface area contributed by atoms with Crippen molar-refractivity contribution in [2.75, 3.05) is 12.4 Å². The molecule has 2 saturated carbocycles. The van der Waals surface area contributed by atoms with Gasteiger partial charge in [-0.3, -0.25) is 9.48 Å². The number of pyridine rings is 1. The Hall–Kier alpha value is -3.00. The number of aromatic nitrogens is 4. The molecule has 0 radical (unpaired) electrons. The van der Waals surface area contributed by atoms with Crippen LogP contribution in [0.2, 0.25) is 0 Å². The van der Waals surface area contributed by atoms with Crippen LogP contribution in [0.4, 0.5) is 0 Å². The molecule has 3 aliphatic carbocycles.